The van der Waals surface area contributed by atoms with Gasteiger partial charge < -0.3 is 10.2 Å². The summed E-state index contributed by atoms with van der Waals surface area (Å²) < 4.78 is 14.1. The zero-order chi connectivity index (χ0) is 22.5. The Kier molecular flexibility index (Phi) is 7.48. The number of carbonyl (C=O) groups is 1. The number of piperidine rings is 1. The van der Waals surface area contributed by atoms with E-state index < -0.39 is 0 Å². The lowest BCUT2D eigenvalue weighted by molar-refractivity contribution is -0.120. The van der Waals surface area contributed by atoms with Crippen molar-refractivity contribution >= 4 is 34.9 Å². The number of allylic oxidation sites excluding steroid dienone is 2. The van der Waals surface area contributed by atoms with Gasteiger partial charge in [-0.1, -0.05) is 24.6 Å². The first-order valence-corrected chi connectivity index (χ1v) is 12.6. The zero-order valence-electron chi connectivity index (χ0n) is 18.9. The van der Waals surface area contributed by atoms with Gasteiger partial charge in [-0.3, -0.25) is 4.79 Å². The van der Waals surface area contributed by atoms with Crippen LogP contribution >= 0.6 is 11.8 Å². The van der Waals surface area contributed by atoms with Crippen LogP contribution in [0.15, 0.2) is 52.9 Å². The first-order chi connectivity index (χ1) is 15.5. The standard InChI is InChI=1S/C27H31FN2OS/c1-19-24(16-20-6-9-22(32-2)10-7-20)23-11-8-21(28)17-26(23)25(19)18-27(31)29-12-15-30-13-4-3-5-14-30/h6-11,16-17H,3-5,12-15,18H2,1-2H3,(H,29,31)/b24-16-. The molecule has 4 rings (SSSR count). The quantitative estimate of drug-likeness (QED) is 0.536. The molecule has 1 aliphatic carbocycles. The summed E-state index contributed by atoms with van der Waals surface area (Å²) in [6, 6.07) is 13.3. The van der Waals surface area contributed by atoms with Gasteiger partial charge in [0.1, 0.15) is 5.82 Å². The average Bonchev–Trinajstić information content (AvgIpc) is 3.05. The second-order valence-corrected chi connectivity index (χ2v) is 9.43. The van der Waals surface area contributed by atoms with E-state index in [1.54, 1.807) is 17.8 Å². The topological polar surface area (TPSA) is 32.3 Å². The minimum atomic E-state index is -0.273. The van der Waals surface area contributed by atoms with Gasteiger partial charge in [0.05, 0.1) is 6.42 Å². The predicted octanol–water partition coefficient (Wildman–Crippen LogP) is 5.87. The van der Waals surface area contributed by atoms with Crippen LogP contribution in [0.3, 0.4) is 0 Å². The molecule has 1 fully saturated rings. The highest BCUT2D eigenvalue weighted by molar-refractivity contribution is 7.98. The number of likely N-dealkylation sites (tertiary alicyclic amines) is 1. The molecule has 1 saturated heterocycles. The first kappa shape index (κ1) is 22.8. The Balaban J connectivity index is 1.51. The molecule has 1 heterocycles. The largest absolute Gasteiger partial charge is 0.355 e. The van der Waals surface area contributed by atoms with Crippen LogP contribution in [0.2, 0.25) is 0 Å². The molecule has 1 N–H and O–H groups in total. The van der Waals surface area contributed by atoms with E-state index in [0.717, 1.165) is 53.0 Å². The molecule has 2 aliphatic rings. The number of carbonyl (C=O) groups excluding carboxylic acids is 1. The van der Waals surface area contributed by atoms with E-state index in [4.69, 9.17) is 0 Å². The van der Waals surface area contributed by atoms with Crippen LogP contribution in [0.4, 0.5) is 4.39 Å². The molecule has 0 spiro atoms. The maximum Gasteiger partial charge on any atom is 0.224 e. The average molecular weight is 451 g/mol. The number of hydrogen-bond donors (Lipinski definition) is 1. The van der Waals surface area contributed by atoms with Gasteiger partial charge in [0.15, 0.2) is 0 Å². The molecule has 0 bridgehead atoms. The van der Waals surface area contributed by atoms with Crippen molar-refractivity contribution in [3.8, 4) is 0 Å². The van der Waals surface area contributed by atoms with E-state index in [0.29, 0.717) is 6.54 Å². The van der Waals surface area contributed by atoms with Crippen LogP contribution in [0.25, 0.3) is 17.2 Å². The lowest BCUT2D eigenvalue weighted by Crippen LogP contribution is -2.37. The fourth-order valence-electron chi connectivity index (χ4n) is 4.61. The summed E-state index contributed by atoms with van der Waals surface area (Å²) in [6.07, 6.45) is 8.27. The summed E-state index contributed by atoms with van der Waals surface area (Å²) >= 11 is 1.71. The third-order valence-corrected chi connectivity index (χ3v) is 7.16. The Morgan fingerprint density at radius 2 is 1.84 bits per heavy atom. The third-order valence-electron chi connectivity index (χ3n) is 6.42. The Hall–Kier alpha value is -2.37. The van der Waals surface area contributed by atoms with Gasteiger partial charge in [0.25, 0.3) is 0 Å². The summed E-state index contributed by atoms with van der Waals surface area (Å²) in [6.45, 7) is 5.84. The van der Waals surface area contributed by atoms with Crippen molar-refractivity contribution < 1.29 is 9.18 Å². The number of nitrogens with one attached hydrogen (secondary N) is 1. The van der Waals surface area contributed by atoms with E-state index in [1.165, 1.54) is 30.2 Å². The summed E-state index contributed by atoms with van der Waals surface area (Å²) in [5.74, 6) is -0.276. The maximum absolute atomic E-state index is 14.1. The van der Waals surface area contributed by atoms with Crippen molar-refractivity contribution in [2.24, 2.45) is 0 Å². The molecule has 3 nitrogen and oxygen atoms in total. The van der Waals surface area contributed by atoms with Crippen molar-refractivity contribution in [3.05, 3.63) is 70.5 Å². The number of halogens is 1. The maximum atomic E-state index is 14.1. The highest BCUT2D eigenvalue weighted by Crippen LogP contribution is 2.43. The summed E-state index contributed by atoms with van der Waals surface area (Å²) in [5.41, 5.74) is 5.95. The number of amides is 1. The summed E-state index contributed by atoms with van der Waals surface area (Å²) in [7, 11) is 0. The van der Waals surface area contributed by atoms with Crippen molar-refractivity contribution in [2.75, 3.05) is 32.4 Å². The normalized spacial score (nSPS) is 17.7. The van der Waals surface area contributed by atoms with Gasteiger partial charge in [0, 0.05) is 18.0 Å². The number of rotatable bonds is 7. The van der Waals surface area contributed by atoms with Crippen LogP contribution in [0, 0.1) is 5.82 Å². The van der Waals surface area contributed by atoms with E-state index in [9.17, 15) is 9.18 Å². The van der Waals surface area contributed by atoms with Crippen molar-refractivity contribution in [2.45, 2.75) is 37.5 Å². The monoisotopic (exact) mass is 450 g/mol. The van der Waals surface area contributed by atoms with Crippen molar-refractivity contribution in [1.29, 1.82) is 0 Å². The fourth-order valence-corrected chi connectivity index (χ4v) is 5.02. The lowest BCUT2D eigenvalue weighted by atomic mass is 10.0. The first-order valence-electron chi connectivity index (χ1n) is 11.4. The van der Waals surface area contributed by atoms with Gasteiger partial charge in [0.2, 0.25) is 5.91 Å². The van der Waals surface area contributed by atoms with Gasteiger partial charge in [-0.15, -0.1) is 11.8 Å². The lowest BCUT2D eigenvalue weighted by Gasteiger charge is -2.26. The molecule has 0 aromatic heterocycles. The van der Waals surface area contributed by atoms with Crippen LogP contribution in [-0.4, -0.2) is 43.2 Å². The van der Waals surface area contributed by atoms with Crippen LogP contribution < -0.4 is 5.32 Å². The highest BCUT2D eigenvalue weighted by Gasteiger charge is 2.25. The second kappa shape index (κ2) is 10.5. The molecule has 2 aromatic carbocycles. The minimum absolute atomic E-state index is 0.00264. The summed E-state index contributed by atoms with van der Waals surface area (Å²) in [5, 5.41) is 3.07. The van der Waals surface area contributed by atoms with E-state index in [2.05, 4.69) is 46.8 Å². The number of fused-ring (bicyclic) bond motifs is 1. The molecule has 1 aliphatic heterocycles. The predicted molar refractivity (Wildman–Crippen MR) is 133 cm³/mol. The van der Waals surface area contributed by atoms with Crippen LogP contribution in [0.5, 0.6) is 0 Å². The Bertz CT molecular complexity index is 1040. The molecule has 5 heteroatoms. The Morgan fingerprint density at radius 1 is 1.09 bits per heavy atom. The SMILES string of the molecule is CSc1ccc(/C=C2/C(C)=C(CC(=O)NCCN3CCCCC3)c3cc(F)ccc32)cc1. The van der Waals surface area contributed by atoms with Crippen molar-refractivity contribution in [3.63, 3.8) is 0 Å². The number of hydrogen-bond acceptors (Lipinski definition) is 3. The van der Waals surface area contributed by atoms with E-state index in [1.807, 2.05) is 13.0 Å². The van der Waals surface area contributed by atoms with Gasteiger partial charge >= 0.3 is 0 Å². The minimum Gasteiger partial charge on any atom is -0.355 e. The molecular weight excluding hydrogens is 419 g/mol. The van der Waals surface area contributed by atoms with Crippen LogP contribution in [-0.2, 0) is 4.79 Å². The molecule has 32 heavy (non-hydrogen) atoms. The number of thioether (sulfide) groups is 1. The molecule has 168 valence electrons. The third kappa shape index (κ3) is 5.33. The second-order valence-electron chi connectivity index (χ2n) is 8.55. The molecule has 0 radical (unpaired) electrons. The molecule has 0 atom stereocenters. The fraction of sp³-hybridized carbons (Fsp3) is 0.370. The van der Waals surface area contributed by atoms with Gasteiger partial charge in [-0.25, -0.2) is 4.39 Å². The Labute approximate surface area is 194 Å². The number of benzene rings is 2. The van der Waals surface area contributed by atoms with E-state index in [-0.39, 0.29) is 18.1 Å². The molecule has 1 amide bonds. The number of nitrogens with zero attached hydrogens (tertiary/aromatic N) is 1. The van der Waals surface area contributed by atoms with Crippen LogP contribution in [0.1, 0.15) is 49.3 Å². The van der Waals surface area contributed by atoms with Crippen molar-refractivity contribution in [1.82, 2.24) is 10.2 Å². The van der Waals surface area contributed by atoms with E-state index >= 15 is 0 Å². The molecule has 0 unspecified atom stereocenters. The summed E-state index contributed by atoms with van der Waals surface area (Å²) in [4.78, 5) is 16.4. The zero-order valence-corrected chi connectivity index (χ0v) is 19.7. The molecular formula is C27H31FN2OS. The molecule has 0 saturated carbocycles. The Morgan fingerprint density at radius 3 is 2.56 bits per heavy atom. The smallest absolute Gasteiger partial charge is 0.224 e. The van der Waals surface area contributed by atoms with Gasteiger partial charge in [-0.05, 0) is 103 Å². The van der Waals surface area contributed by atoms with Gasteiger partial charge in [-0.2, -0.15) is 0 Å². The highest BCUT2D eigenvalue weighted by atomic mass is 32.2. The molecule has 2 aromatic rings.